The summed E-state index contributed by atoms with van der Waals surface area (Å²) >= 11 is 0. The van der Waals surface area contributed by atoms with Crippen molar-refractivity contribution in [1.82, 2.24) is 15.1 Å². The molecule has 2 aliphatic heterocycles. The molecule has 0 saturated carbocycles. The van der Waals surface area contributed by atoms with Gasteiger partial charge in [-0.1, -0.05) is 18.2 Å². The van der Waals surface area contributed by atoms with E-state index in [1.165, 1.54) is 37.1 Å². The van der Waals surface area contributed by atoms with Crippen LogP contribution in [0.15, 0.2) is 51.5 Å². The molecule has 2 aliphatic rings. The molecule has 0 spiro atoms. The van der Waals surface area contributed by atoms with E-state index in [-0.39, 0.29) is 0 Å². The van der Waals surface area contributed by atoms with E-state index >= 15 is 0 Å². The molecule has 0 bridgehead atoms. The summed E-state index contributed by atoms with van der Waals surface area (Å²) < 4.78 is 11.0. The molecule has 0 atom stereocenters. The highest BCUT2D eigenvalue weighted by Gasteiger charge is 2.25. The average Bonchev–Trinajstić information content (AvgIpc) is 3.44. The zero-order valence-electron chi connectivity index (χ0n) is 15.4. The van der Waals surface area contributed by atoms with Crippen LogP contribution in [0.2, 0.25) is 0 Å². The number of hydrogen-bond acceptors (Lipinski definition) is 6. The molecular weight excluding hydrogens is 340 g/mol. The fraction of sp³-hybridized carbons (Fsp3) is 0.429. The van der Waals surface area contributed by atoms with Gasteiger partial charge in [-0.2, -0.15) is 0 Å². The Balaban J connectivity index is 1.13. The number of aromatic nitrogens is 2. The summed E-state index contributed by atoms with van der Waals surface area (Å²) in [6.45, 7) is 5.22. The molecule has 0 N–H and O–H groups in total. The van der Waals surface area contributed by atoms with Crippen LogP contribution in [0.4, 0.5) is 5.69 Å². The van der Waals surface area contributed by atoms with Crippen LogP contribution in [-0.4, -0.2) is 41.3 Å². The summed E-state index contributed by atoms with van der Waals surface area (Å²) in [5.41, 5.74) is 2.94. The number of piperidine rings is 1. The van der Waals surface area contributed by atoms with Gasteiger partial charge in [-0.05, 0) is 62.0 Å². The van der Waals surface area contributed by atoms with Crippen molar-refractivity contribution in [3.63, 3.8) is 0 Å². The minimum atomic E-state index is 0.456. The Kier molecular flexibility index (Phi) is 4.41. The number of fused-ring (bicyclic) bond motifs is 1. The van der Waals surface area contributed by atoms with Gasteiger partial charge >= 0.3 is 0 Å². The monoisotopic (exact) mass is 364 g/mol. The van der Waals surface area contributed by atoms with E-state index in [9.17, 15) is 0 Å². The van der Waals surface area contributed by atoms with Crippen molar-refractivity contribution in [3.8, 4) is 11.7 Å². The standard InChI is InChI=1S/C21H24N4O2/c1-2-5-18-17(4-1)9-12-25(18)14-16-7-10-24(11-8-16)15-20-22-23-21(27-20)19-6-3-13-26-19/h1-6,13,16H,7-12,14-15H2. The molecule has 4 heterocycles. The molecular formula is C21H24N4O2. The first kappa shape index (κ1) is 16.6. The molecule has 1 fully saturated rings. The van der Waals surface area contributed by atoms with Gasteiger partial charge in [-0.3, -0.25) is 4.90 Å². The Morgan fingerprint density at radius 1 is 1.00 bits per heavy atom. The van der Waals surface area contributed by atoms with Gasteiger partial charge in [0.25, 0.3) is 5.89 Å². The SMILES string of the molecule is c1coc(-c2nnc(CN3CCC(CN4CCc5ccccc54)CC3)o2)c1. The lowest BCUT2D eigenvalue weighted by Crippen LogP contribution is -2.38. The van der Waals surface area contributed by atoms with Gasteiger partial charge in [-0.25, -0.2) is 0 Å². The molecule has 0 unspecified atom stereocenters. The van der Waals surface area contributed by atoms with Gasteiger partial charge in [-0.15, -0.1) is 10.2 Å². The molecule has 0 amide bonds. The Morgan fingerprint density at radius 3 is 2.74 bits per heavy atom. The van der Waals surface area contributed by atoms with Crippen molar-refractivity contribution < 1.29 is 8.83 Å². The van der Waals surface area contributed by atoms with Crippen LogP contribution in [0.1, 0.15) is 24.3 Å². The Labute approximate surface area is 158 Å². The number of likely N-dealkylation sites (tertiary alicyclic amines) is 1. The molecule has 2 aromatic heterocycles. The summed E-state index contributed by atoms with van der Waals surface area (Å²) in [6, 6.07) is 12.5. The first-order valence-electron chi connectivity index (χ1n) is 9.76. The summed E-state index contributed by atoms with van der Waals surface area (Å²) in [7, 11) is 0. The molecule has 1 aromatic carbocycles. The third-order valence-corrected chi connectivity index (χ3v) is 5.73. The molecule has 6 heteroatoms. The van der Waals surface area contributed by atoms with Crippen molar-refractivity contribution >= 4 is 5.69 Å². The van der Waals surface area contributed by atoms with E-state index < -0.39 is 0 Å². The van der Waals surface area contributed by atoms with Crippen LogP contribution >= 0.6 is 0 Å². The van der Waals surface area contributed by atoms with Gasteiger partial charge in [0.1, 0.15) is 0 Å². The van der Waals surface area contributed by atoms with Crippen molar-refractivity contribution in [2.24, 2.45) is 5.92 Å². The van der Waals surface area contributed by atoms with E-state index in [2.05, 4.69) is 44.3 Å². The number of furan rings is 1. The average molecular weight is 364 g/mol. The number of para-hydroxylation sites is 1. The topological polar surface area (TPSA) is 58.5 Å². The Morgan fingerprint density at radius 2 is 1.89 bits per heavy atom. The van der Waals surface area contributed by atoms with Gasteiger partial charge in [0.15, 0.2) is 5.76 Å². The number of nitrogens with zero attached hydrogens (tertiary/aromatic N) is 4. The van der Waals surface area contributed by atoms with Crippen LogP contribution in [0, 0.1) is 5.92 Å². The zero-order valence-corrected chi connectivity index (χ0v) is 15.4. The lowest BCUT2D eigenvalue weighted by Gasteiger charge is -2.33. The second kappa shape index (κ2) is 7.19. The molecule has 3 aromatic rings. The number of hydrogen-bond donors (Lipinski definition) is 0. The van der Waals surface area contributed by atoms with Gasteiger partial charge in [0.05, 0.1) is 12.8 Å². The second-order valence-electron chi connectivity index (χ2n) is 7.52. The molecule has 6 nitrogen and oxygen atoms in total. The van der Waals surface area contributed by atoms with Gasteiger partial charge < -0.3 is 13.7 Å². The third kappa shape index (κ3) is 3.49. The van der Waals surface area contributed by atoms with Crippen LogP contribution in [0.5, 0.6) is 0 Å². The quantitative estimate of drug-likeness (QED) is 0.689. The maximum Gasteiger partial charge on any atom is 0.283 e. The minimum Gasteiger partial charge on any atom is -0.459 e. The summed E-state index contributed by atoms with van der Waals surface area (Å²) in [5.74, 6) is 2.50. The number of benzene rings is 1. The van der Waals surface area contributed by atoms with Crippen molar-refractivity contribution in [3.05, 3.63) is 54.1 Å². The normalized spacial score (nSPS) is 18.1. The molecule has 0 radical (unpaired) electrons. The van der Waals surface area contributed by atoms with Crippen LogP contribution in [-0.2, 0) is 13.0 Å². The maximum absolute atomic E-state index is 5.74. The largest absolute Gasteiger partial charge is 0.459 e. The lowest BCUT2D eigenvalue weighted by atomic mass is 9.96. The predicted molar refractivity (Wildman–Crippen MR) is 102 cm³/mol. The smallest absolute Gasteiger partial charge is 0.283 e. The highest BCUT2D eigenvalue weighted by molar-refractivity contribution is 5.57. The molecule has 5 rings (SSSR count). The summed E-state index contributed by atoms with van der Waals surface area (Å²) in [5, 5.41) is 8.25. The fourth-order valence-corrected chi connectivity index (χ4v) is 4.24. The molecule has 27 heavy (non-hydrogen) atoms. The first-order chi connectivity index (χ1) is 13.3. The lowest BCUT2D eigenvalue weighted by molar-refractivity contribution is 0.166. The zero-order chi connectivity index (χ0) is 18.1. The van der Waals surface area contributed by atoms with Crippen molar-refractivity contribution in [1.29, 1.82) is 0 Å². The van der Waals surface area contributed by atoms with Gasteiger partial charge in [0.2, 0.25) is 5.89 Å². The van der Waals surface area contributed by atoms with E-state index in [4.69, 9.17) is 8.83 Å². The number of rotatable bonds is 5. The highest BCUT2D eigenvalue weighted by atomic mass is 16.4. The van der Waals surface area contributed by atoms with Crippen LogP contribution in [0.3, 0.4) is 0 Å². The van der Waals surface area contributed by atoms with Crippen molar-refractivity contribution in [2.45, 2.75) is 25.8 Å². The van der Waals surface area contributed by atoms with E-state index in [0.29, 0.717) is 24.1 Å². The Hall–Kier alpha value is -2.60. The van der Waals surface area contributed by atoms with E-state index in [1.807, 2.05) is 12.1 Å². The summed E-state index contributed by atoms with van der Waals surface area (Å²) in [6.07, 6.45) is 5.24. The summed E-state index contributed by atoms with van der Waals surface area (Å²) in [4.78, 5) is 4.98. The molecule has 140 valence electrons. The van der Waals surface area contributed by atoms with Crippen LogP contribution < -0.4 is 4.90 Å². The predicted octanol–water partition coefficient (Wildman–Crippen LogP) is 3.60. The van der Waals surface area contributed by atoms with Crippen molar-refractivity contribution in [2.75, 3.05) is 31.1 Å². The molecule has 1 saturated heterocycles. The van der Waals surface area contributed by atoms with E-state index in [0.717, 1.165) is 25.6 Å². The highest BCUT2D eigenvalue weighted by Crippen LogP contribution is 2.30. The van der Waals surface area contributed by atoms with Crippen LogP contribution in [0.25, 0.3) is 11.7 Å². The third-order valence-electron chi connectivity index (χ3n) is 5.73. The number of anilines is 1. The minimum absolute atomic E-state index is 0.456. The first-order valence-corrected chi connectivity index (χ1v) is 9.76. The molecule has 0 aliphatic carbocycles. The van der Waals surface area contributed by atoms with E-state index in [1.54, 1.807) is 6.26 Å². The van der Waals surface area contributed by atoms with Gasteiger partial charge in [0, 0.05) is 18.8 Å². The maximum atomic E-state index is 5.74. The fourth-order valence-electron chi connectivity index (χ4n) is 4.24. The Bertz CT molecular complexity index is 881. The second-order valence-corrected chi connectivity index (χ2v) is 7.52.